The predicted octanol–water partition coefficient (Wildman–Crippen LogP) is 5.17. The number of nitrogens with two attached hydrogens (primary N) is 1. The summed E-state index contributed by atoms with van der Waals surface area (Å²) >= 11 is 0. The van der Waals surface area contributed by atoms with Gasteiger partial charge in [-0.15, -0.1) is 0 Å². The SMILES string of the molecule is CCCN(CCC)CC1(C)CN(C)C(C)CC1(OC(=O)c1ccc(N)cc1)c1ccccc1. The third kappa shape index (κ3) is 5.42. The van der Waals surface area contributed by atoms with Crippen LogP contribution in [0.5, 0.6) is 0 Å². The molecule has 0 spiro atoms. The topological polar surface area (TPSA) is 58.8 Å². The normalized spacial score (nSPS) is 25.8. The Balaban J connectivity index is 2.10. The van der Waals surface area contributed by atoms with Crippen molar-refractivity contribution in [2.24, 2.45) is 5.41 Å². The van der Waals surface area contributed by atoms with Crippen LogP contribution in [-0.4, -0.2) is 55.0 Å². The lowest BCUT2D eigenvalue weighted by Crippen LogP contribution is -2.63. The first kappa shape index (κ1) is 25.3. The number of likely N-dealkylation sites (tertiary alicyclic amines) is 1. The average molecular weight is 452 g/mol. The van der Waals surface area contributed by atoms with Gasteiger partial charge in [0.05, 0.1) is 5.56 Å². The third-order valence-corrected chi connectivity index (χ3v) is 7.21. The van der Waals surface area contributed by atoms with E-state index in [4.69, 9.17) is 10.5 Å². The molecule has 5 heteroatoms. The van der Waals surface area contributed by atoms with Gasteiger partial charge in [-0.25, -0.2) is 4.79 Å². The molecule has 2 N–H and O–H groups in total. The highest BCUT2D eigenvalue weighted by atomic mass is 16.6. The fourth-order valence-corrected chi connectivity index (χ4v) is 5.46. The third-order valence-electron chi connectivity index (χ3n) is 7.21. The van der Waals surface area contributed by atoms with Gasteiger partial charge in [0.15, 0.2) is 0 Å². The van der Waals surface area contributed by atoms with Gasteiger partial charge < -0.3 is 20.3 Å². The van der Waals surface area contributed by atoms with E-state index in [1.165, 1.54) is 0 Å². The number of ether oxygens (including phenoxy) is 1. The summed E-state index contributed by atoms with van der Waals surface area (Å²) in [5.74, 6) is -0.292. The quantitative estimate of drug-likeness (QED) is 0.421. The number of benzene rings is 2. The van der Waals surface area contributed by atoms with Gasteiger partial charge in [-0.2, -0.15) is 0 Å². The highest BCUT2D eigenvalue weighted by molar-refractivity contribution is 5.90. The summed E-state index contributed by atoms with van der Waals surface area (Å²) in [5.41, 5.74) is 7.07. The van der Waals surface area contributed by atoms with Crippen LogP contribution >= 0.6 is 0 Å². The number of nitrogen functional groups attached to an aromatic ring is 1. The number of esters is 1. The maximum atomic E-state index is 13.5. The molecule has 1 fully saturated rings. The first-order chi connectivity index (χ1) is 15.7. The molecule has 5 nitrogen and oxygen atoms in total. The summed E-state index contributed by atoms with van der Waals surface area (Å²) < 4.78 is 6.65. The van der Waals surface area contributed by atoms with E-state index >= 15 is 0 Å². The number of nitrogens with zero attached hydrogens (tertiary/aromatic N) is 2. The number of carbonyl (C=O) groups excluding carboxylic acids is 1. The summed E-state index contributed by atoms with van der Waals surface area (Å²) in [4.78, 5) is 18.5. The fourth-order valence-electron chi connectivity index (χ4n) is 5.46. The van der Waals surface area contributed by atoms with Crippen molar-refractivity contribution >= 4 is 11.7 Å². The van der Waals surface area contributed by atoms with Crippen LogP contribution in [0.2, 0.25) is 0 Å². The summed E-state index contributed by atoms with van der Waals surface area (Å²) in [5, 5.41) is 0. The Kier molecular flexibility index (Phi) is 8.19. The molecule has 0 bridgehead atoms. The van der Waals surface area contributed by atoms with Gasteiger partial charge >= 0.3 is 5.97 Å². The number of piperidine rings is 1. The van der Waals surface area contributed by atoms with E-state index in [1.54, 1.807) is 24.3 Å². The van der Waals surface area contributed by atoms with Crippen LogP contribution in [0, 0.1) is 5.41 Å². The molecule has 1 aliphatic rings. The van der Waals surface area contributed by atoms with Crippen molar-refractivity contribution in [2.75, 3.05) is 39.0 Å². The van der Waals surface area contributed by atoms with Gasteiger partial charge in [0.25, 0.3) is 0 Å². The van der Waals surface area contributed by atoms with Crippen molar-refractivity contribution in [3.05, 3.63) is 65.7 Å². The van der Waals surface area contributed by atoms with Crippen LogP contribution in [-0.2, 0) is 10.3 Å². The van der Waals surface area contributed by atoms with Crippen molar-refractivity contribution < 1.29 is 9.53 Å². The molecule has 1 heterocycles. The predicted molar refractivity (Wildman–Crippen MR) is 136 cm³/mol. The molecule has 1 saturated heterocycles. The van der Waals surface area contributed by atoms with Gasteiger partial charge in [0, 0.05) is 36.7 Å². The minimum atomic E-state index is -0.738. The molecule has 1 aliphatic heterocycles. The summed E-state index contributed by atoms with van der Waals surface area (Å²) in [7, 11) is 2.18. The molecule has 3 atom stereocenters. The van der Waals surface area contributed by atoms with Crippen LogP contribution in [0.3, 0.4) is 0 Å². The van der Waals surface area contributed by atoms with E-state index in [0.29, 0.717) is 11.3 Å². The Labute approximate surface area is 199 Å². The van der Waals surface area contributed by atoms with Crippen LogP contribution < -0.4 is 5.73 Å². The second kappa shape index (κ2) is 10.7. The zero-order valence-corrected chi connectivity index (χ0v) is 21.0. The first-order valence-electron chi connectivity index (χ1n) is 12.3. The molecular weight excluding hydrogens is 410 g/mol. The first-order valence-corrected chi connectivity index (χ1v) is 12.3. The minimum absolute atomic E-state index is 0.281. The van der Waals surface area contributed by atoms with E-state index in [2.05, 4.69) is 56.7 Å². The second-order valence-corrected chi connectivity index (χ2v) is 10.0. The van der Waals surface area contributed by atoms with E-state index in [-0.39, 0.29) is 17.4 Å². The van der Waals surface area contributed by atoms with Crippen molar-refractivity contribution in [2.45, 2.75) is 58.6 Å². The standard InChI is InChI=1S/C28H41N3O2/c1-6-17-31(18-7-2)21-27(4)20-30(5)22(3)19-28(27,24-11-9-8-10-12-24)33-26(32)23-13-15-25(29)16-14-23/h8-16,22H,6-7,17-21,29H2,1-5H3. The Hall–Kier alpha value is -2.37. The smallest absolute Gasteiger partial charge is 0.339 e. The molecule has 2 aromatic rings. The van der Waals surface area contributed by atoms with Crippen LogP contribution in [0.1, 0.15) is 62.9 Å². The van der Waals surface area contributed by atoms with Crippen LogP contribution in [0.25, 0.3) is 0 Å². The molecule has 0 radical (unpaired) electrons. The number of anilines is 1. The zero-order chi connectivity index (χ0) is 24.1. The van der Waals surface area contributed by atoms with Gasteiger partial charge in [0.2, 0.25) is 0 Å². The summed E-state index contributed by atoms with van der Waals surface area (Å²) in [6, 6.07) is 17.7. The van der Waals surface area contributed by atoms with Crippen LogP contribution in [0.15, 0.2) is 54.6 Å². The highest BCUT2D eigenvalue weighted by Crippen LogP contribution is 2.51. The average Bonchev–Trinajstić information content (AvgIpc) is 2.79. The molecular formula is C28H41N3O2. The highest BCUT2D eigenvalue weighted by Gasteiger charge is 2.57. The second-order valence-electron chi connectivity index (χ2n) is 10.0. The Morgan fingerprint density at radius 3 is 2.27 bits per heavy atom. The van der Waals surface area contributed by atoms with Gasteiger partial charge in [0.1, 0.15) is 5.60 Å². The fraction of sp³-hybridized carbons (Fsp3) is 0.536. The van der Waals surface area contributed by atoms with Crippen molar-refractivity contribution in [3.63, 3.8) is 0 Å². The number of carbonyl (C=O) groups is 1. The summed E-state index contributed by atoms with van der Waals surface area (Å²) in [6.45, 7) is 12.8. The molecule has 2 aromatic carbocycles. The lowest BCUT2D eigenvalue weighted by atomic mass is 9.63. The van der Waals surface area contributed by atoms with Gasteiger partial charge in [-0.1, -0.05) is 51.1 Å². The maximum Gasteiger partial charge on any atom is 0.339 e. The van der Waals surface area contributed by atoms with Gasteiger partial charge in [-0.05, 0) is 69.7 Å². The minimum Gasteiger partial charge on any atom is -0.450 e. The van der Waals surface area contributed by atoms with E-state index in [1.807, 2.05) is 18.2 Å². The Morgan fingerprint density at radius 2 is 1.70 bits per heavy atom. The zero-order valence-electron chi connectivity index (χ0n) is 21.0. The van der Waals surface area contributed by atoms with E-state index < -0.39 is 5.60 Å². The van der Waals surface area contributed by atoms with E-state index in [9.17, 15) is 4.79 Å². The number of rotatable bonds is 9. The number of hydrogen-bond donors (Lipinski definition) is 1. The lowest BCUT2D eigenvalue weighted by molar-refractivity contribution is -0.159. The van der Waals surface area contributed by atoms with Crippen molar-refractivity contribution in [3.8, 4) is 0 Å². The molecule has 3 unspecified atom stereocenters. The summed E-state index contributed by atoms with van der Waals surface area (Å²) in [6.07, 6.45) is 2.95. The number of hydrogen-bond acceptors (Lipinski definition) is 5. The monoisotopic (exact) mass is 451 g/mol. The van der Waals surface area contributed by atoms with E-state index in [0.717, 1.165) is 51.0 Å². The van der Waals surface area contributed by atoms with Crippen molar-refractivity contribution in [1.29, 1.82) is 0 Å². The Morgan fingerprint density at radius 1 is 1.09 bits per heavy atom. The molecule has 3 rings (SSSR count). The lowest BCUT2D eigenvalue weighted by Gasteiger charge is -2.57. The maximum absolute atomic E-state index is 13.5. The van der Waals surface area contributed by atoms with Crippen molar-refractivity contribution in [1.82, 2.24) is 9.80 Å². The molecule has 0 aliphatic carbocycles. The largest absolute Gasteiger partial charge is 0.450 e. The van der Waals surface area contributed by atoms with Crippen LogP contribution in [0.4, 0.5) is 5.69 Å². The molecule has 0 saturated carbocycles. The van der Waals surface area contributed by atoms with Gasteiger partial charge in [-0.3, -0.25) is 0 Å². The molecule has 0 amide bonds. The Bertz CT molecular complexity index is 895. The molecule has 0 aromatic heterocycles. The molecule has 33 heavy (non-hydrogen) atoms. The molecule has 180 valence electrons.